The summed E-state index contributed by atoms with van der Waals surface area (Å²) in [4.78, 5) is 33.5. The van der Waals surface area contributed by atoms with Crippen LogP contribution in [0.15, 0.2) is 24.3 Å². The van der Waals surface area contributed by atoms with Crippen LogP contribution in [0, 0.1) is 23.4 Å². The van der Waals surface area contributed by atoms with Gasteiger partial charge in [-0.05, 0) is 43.2 Å². The second-order valence-corrected chi connectivity index (χ2v) is 11.5. The number of carbonyl (C=O) groups is 3. The highest BCUT2D eigenvalue weighted by atomic mass is 32.2. The summed E-state index contributed by atoms with van der Waals surface area (Å²) in [5.41, 5.74) is 5.90. The number of sulfonamides is 1. The highest BCUT2D eigenvalue weighted by molar-refractivity contribution is 7.90. The van der Waals surface area contributed by atoms with Crippen LogP contribution in [0.4, 0.5) is 13.2 Å². The lowest BCUT2D eigenvalue weighted by atomic mass is 10.0. The zero-order valence-electron chi connectivity index (χ0n) is 19.7. The van der Waals surface area contributed by atoms with Gasteiger partial charge in [0.15, 0.2) is 11.6 Å². The summed E-state index contributed by atoms with van der Waals surface area (Å²) in [6.07, 6.45) is 3.08. The van der Waals surface area contributed by atoms with Gasteiger partial charge in [0, 0.05) is 56.4 Å². The molecule has 0 aromatic heterocycles. The van der Waals surface area contributed by atoms with E-state index in [1.807, 2.05) is 0 Å². The molecule has 10 nitrogen and oxygen atoms in total. The summed E-state index contributed by atoms with van der Waals surface area (Å²) in [7, 11) is -3.27. The number of amides is 1. The van der Waals surface area contributed by atoms with Crippen LogP contribution >= 0.6 is 0 Å². The first-order valence-corrected chi connectivity index (χ1v) is 13.1. The van der Waals surface area contributed by atoms with Crippen LogP contribution in [-0.2, 0) is 30.8 Å². The standard InChI is InChI=1S/C19H24F3N3O3S.C4H4O4/c20-15-8-17(22)16(21)6-12(15)5-13(23)7-19(26)25-4-3-11-9-24(10-18(11)25)29(27,28)14-1-2-14;5-3(6)1-2-4(7)8/h6,8,11,13-14,18H,1-5,7,9-10,23H2;1-2H,(H,5,6)(H,7,8)/t11-,13+,18+;/m0./s1. The van der Waals surface area contributed by atoms with E-state index in [1.54, 1.807) is 4.90 Å². The fraction of sp³-hybridized carbons (Fsp3) is 0.522. The van der Waals surface area contributed by atoms with Crippen LogP contribution in [0.1, 0.15) is 31.2 Å². The molecule has 3 atom stereocenters. The van der Waals surface area contributed by atoms with Gasteiger partial charge in [-0.1, -0.05) is 0 Å². The molecule has 2 aliphatic heterocycles. The van der Waals surface area contributed by atoms with Crippen molar-refractivity contribution in [3.8, 4) is 0 Å². The maximum atomic E-state index is 13.8. The number of benzene rings is 1. The number of nitrogens with zero attached hydrogens (tertiary/aromatic N) is 2. The van der Waals surface area contributed by atoms with Crippen molar-refractivity contribution in [2.24, 2.45) is 11.7 Å². The van der Waals surface area contributed by atoms with Gasteiger partial charge < -0.3 is 20.8 Å². The number of rotatable bonds is 8. The van der Waals surface area contributed by atoms with Gasteiger partial charge >= 0.3 is 11.9 Å². The third-order valence-electron chi connectivity index (χ3n) is 6.52. The van der Waals surface area contributed by atoms with Gasteiger partial charge in [0.1, 0.15) is 5.82 Å². The summed E-state index contributed by atoms with van der Waals surface area (Å²) < 4.78 is 66.7. The minimum absolute atomic E-state index is 0.0724. The Morgan fingerprint density at radius 1 is 1.00 bits per heavy atom. The molecular formula is C23H28F3N3O7S. The van der Waals surface area contributed by atoms with Crippen LogP contribution in [0.5, 0.6) is 0 Å². The first-order valence-electron chi connectivity index (χ1n) is 11.6. The van der Waals surface area contributed by atoms with Crippen LogP contribution < -0.4 is 5.73 Å². The summed E-state index contributed by atoms with van der Waals surface area (Å²) in [5, 5.41) is 15.4. The molecule has 3 fully saturated rings. The van der Waals surface area contributed by atoms with E-state index >= 15 is 0 Å². The average molecular weight is 548 g/mol. The van der Waals surface area contributed by atoms with E-state index in [4.69, 9.17) is 15.9 Å². The van der Waals surface area contributed by atoms with Crippen molar-refractivity contribution in [1.29, 1.82) is 0 Å². The van der Waals surface area contributed by atoms with Gasteiger partial charge in [-0.25, -0.2) is 31.2 Å². The minimum atomic E-state index is -3.27. The first kappa shape index (κ1) is 28.6. The molecule has 4 N–H and O–H groups in total. The van der Waals surface area contributed by atoms with E-state index in [1.165, 1.54) is 4.31 Å². The summed E-state index contributed by atoms with van der Waals surface area (Å²) >= 11 is 0. The number of fused-ring (bicyclic) bond motifs is 1. The normalized spacial score (nSPS) is 22.4. The number of carbonyl (C=O) groups excluding carboxylic acids is 1. The fourth-order valence-electron chi connectivity index (χ4n) is 4.58. The molecule has 0 radical (unpaired) electrons. The minimum Gasteiger partial charge on any atom is -0.478 e. The molecular weight excluding hydrogens is 519 g/mol. The second-order valence-electron chi connectivity index (χ2n) is 9.30. The van der Waals surface area contributed by atoms with Crippen molar-refractivity contribution in [3.05, 3.63) is 47.3 Å². The Labute approximate surface area is 211 Å². The molecule has 0 spiro atoms. The Balaban J connectivity index is 0.000000414. The number of carboxylic acid groups (broad SMARTS) is 2. The SMILES string of the molecule is N[C@@H](CC(=O)N1CC[C@H]2CN(S(=O)(=O)C3CC3)C[C@H]21)Cc1cc(F)c(F)cc1F.O=C(O)C=CC(=O)O. The van der Waals surface area contributed by atoms with Crippen LogP contribution in [-0.4, -0.2) is 82.6 Å². The maximum Gasteiger partial charge on any atom is 0.328 e. The summed E-state index contributed by atoms with van der Waals surface area (Å²) in [5.74, 6) is -5.95. The molecule has 4 rings (SSSR count). The predicted octanol–water partition coefficient (Wildman–Crippen LogP) is 1.10. The lowest BCUT2D eigenvalue weighted by Crippen LogP contribution is -2.43. The van der Waals surface area contributed by atoms with Crippen molar-refractivity contribution in [3.63, 3.8) is 0 Å². The van der Waals surface area contributed by atoms with E-state index in [-0.39, 0.29) is 41.5 Å². The van der Waals surface area contributed by atoms with Crippen molar-refractivity contribution in [1.82, 2.24) is 9.21 Å². The van der Waals surface area contributed by atoms with Gasteiger partial charge in [-0.3, -0.25) is 4.79 Å². The first-order chi connectivity index (χ1) is 17.3. The largest absolute Gasteiger partial charge is 0.478 e. The molecule has 1 aromatic rings. The fourth-order valence-corrected chi connectivity index (χ4v) is 6.49. The van der Waals surface area contributed by atoms with Gasteiger partial charge in [0.2, 0.25) is 15.9 Å². The monoisotopic (exact) mass is 547 g/mol. The summed E-state index contributed by atoms with van der Waals surface area (Å²) in [6.45, 7) is 1.29. The van der Waals surface area contributed by atoms with Crippen LogP contribution in [0.25, 0.3) is 0 Å². The number of aliphatic carboxylic acids is 2. The second kappa shape index (κ2) is 11.6. The highest BCUT2D eigenvalue weighted by Crippen LogP contribution is 2.38. The zero-order valence-corrected chi connectivity index (χ0v) is 20.5. The molecule has 1 aromatic carbocycles. The quantitative estimate of drug-likeness (QED) is 0.322. The number of hydrogen-bond acceptors (Lipinski definition) is 6. The lowest BCUT2D eigenvalue weighted by Gasteiger charge is -2.26. The number of halogens is 3. The Kier molecular flexibility index (Phi) is 8.97. The Morgan fingerprint density at radius 3 is 2.16 bits per heavy atom. The smallest absolute Gasteiger partial charge is 0.328 e. The zero-order chi connectivity index (χ0) is 27.5. The Bertz CT molecular complexity index is 1170. The predicted molar refractivity (Wildman–Crippen MR) is 124 cm³/mol. The lowest BCUT2D eigenvalue weighted by molar-refractivity contribution is -0.134. The molecule has 0 unspecified atom stereocenters. The van der Waals surface area contributed by atoms with Crippen molar-refractivity contribution in [2.45, 2.75) is 49.4 Å². The molecule has 2 saturated heterocycles. The molecule has 37 heavy (non-hydrogen) atoms. The van der Waals surface area contributed by atoms with E-state index in [0.29, 0.717) is 50.7 Å². The highest BCUT2D eigenvalue weighted by Gasteiger charge is 2.50. The molecule has 14 heteroatoms. The van der Waals surface area contributed by atoms with Crippen molar-refractivity contribution >= 4 is 27.9 Å². The van der Waals surface area contributed by atoms with Crippen molar-refractivity contribution < 1.29 is 46.2 Å². The van der Waals surface area contributed by atoms with Crippen LogP contribution in [0.3, 0.4) is 0 Å². The molecule has 3 aliphatic rings. The van der Waals surface area contributed by atoms with Crippen LogP contribution in [0.2, 0.25) is 0 Å². The number of hydrogen-bond donors (Lipinski definition) is 3. The molecule has 1 saturated carbocycles. The van der Waals surface area contributed by atoms with E-state index < -0.39 is 45.5 Å². The number of likely N-dealkylation sites (tertiary alicyclic amines) is 1. The van der Waals surface area contributed by atoms with Crippen molar-refractivity contribution in [2.75, 3.05) is 19.6 Å². The third kappa shape index (κ3) is 7.29. The molecule has 1 aliphatic carbocycles. The summed E-state index contributed by atoms with van der Waals surface area (Å²) in [6, 6.07) is 0.313. The Morgan fingerprint density at radius 2 is 1.59 bits per heavy atom. The third-order valence-corrected chi connectivity index (χ3v) is 8.85. The maximum absolute atomic E-state index is 13.8. The number of carboxylic acids is 2. The molecule has 1 amide bonds. The van der Waals surface area contributed by atoms with E-state index in [2.05, 4.69) is 0 Å². The average Bonchev–Trinajstić information content (AvgIpc) is 3.46. The van der Waals surface area contributed by atoms with E-state index in [0.717, 1.165) is 12.5 Å². The van der Waals surface area contributed by atoms with Gasteiger partial charge in [0.05, 0.1) is 5.25 Å². The van der Waals surface area contributed by atoms with E-state index in [9.17, 15) is 36.0 Å². The topological polar surface area (TPSA) is 158 Å². The van der Waals surface area contributed by atoms with Gasteiger partial charge in [-0.15, -0.1) is 0 Å². The Hall–Kier alpha value is -2.97. The molecule has 0 bridgehead atoms. The van der Waals surface area contributed by atoms with Gasteiger partial charge in [-0.2, -0.15) is 4.31 Å². The number of nitrogens with two attached hydrogens (primary N) is 1. The molecule has 2 heterocycles. The van der Waals surface area contributed by atoms with Gasteiger partial charge in [0.25, 0.3) is 0 Å². The molecule has 204 valence electrons.